The number of hydrogen-bond acceptors (Lipinski definition) is 7. The van der Waals surface area contributed by atoms with Gasteiger partial charge >= 0.3 is 12.0 Å². The molecular weight excluding hydrogens is 456 g/mol. The van der Waals surface area contributed by atoms with E-state index in [1.54, 1.807) is 5.38 Å². The molecule has 0 bridgehead atoms. The van der Waals surface area contributed by atoms with Crippen molar-refractivity contribution < 1.29 is 23.9 Å². The fourth-order valence-corrected chi connectivity index (χ4v) is 5.29. The normalized spacial score (nSPS) is 22.1. The number of imide groups is 1. The van der Waals surface area contributed by atoms with Crippen molar-refractivity contribution in [2.45, 2.75) is 58.1 Å². The Morgan fingerprint density at radius 3 is 2.85 bits per heavy atom. The van der Waals surface area contributed by atoms with Gasteiger partial charge < -0.3 is 15.4 Å². The Kier molecular flexibility index (Phi) is 6.97. The quantitative estimate of drug-likeness (QED) is 0.460. The zero-order chi connectivity index (χ0) is 24.3. The van der Waals surface area contributed by atoms with Crippen LogP contribution >= 0.6 is 11.3 Å². The predicted octanol–water partition coefficient (Wildman–Crippen LogP) is 3.18. The van der Waals surface area contributed by atoms with Crippen LogP contribution in [0.1, 0.15) is 48.9 Å². The first-order chi connectivity index (χ1) is 16.3. The molecular formula is C24H28N4O5S. The Bertz CT molecular complexity index is 1120. The lowest BCUT2D eigenvalue weighted by Gasteiger charge is -2.36. The summed E-state index contributed by atoms with van der Waals surface area (Å²) in [6, 6.07) is 6.96. The highest BCUT2D eigenvalue weighted by Crippen LogP contribution is 2.38. The standard InChI is InChI=1S/C24H28N4O5S/c1-15-7-3-4-9-18(15)26-19(29)11-20-25-17(14-34-20)13-33-21(30)12-28-22(31)24(27-23(28)32)10-6-5-8-16(24)2/h3-4,7,9,14,16H,5-6,8,10-13H2,1-2H3,(H,26,29)(H,27,32). The van der Waals surface area contributed by atoms with Crippen LogP contribution < -0.4 is 10.6 Å². The van der Waals surface area contributed by atoms with Gasteiger partial charge in [-0.1, -0.05) is 38.0 Å². The topological polar surface area (TPSA) is 118 Å². The number of hydrogen-bond donors (Lipinski definition) is 2. The maximum Gasteiger partial charge on any atom is 0.326 e. The van der Waals surface area contributed by atoms with Gasteiger partial charge in [0.15, 0.2) is 0 Å². The minimum atomic E-state index is -0.904. The largest absolute Gasteiger partial charge is 0.458 e. The fourth-order valence-electron chi connectivity index (χ4n) is 4.51. The zero-order valence-corrected chi connectivity index (χ0v) is 20.1. The molecule has 2 heterocycles. The highest BCUT2D eigenvalue weighted by atomic mass is 32.1. The summed E-state index contributed by atoms with van der Waals surface area (Å²) < 4.78 is 5.25. The van der Waals surface area contributed by atoms with Crippen molar-refractivity contribution in [1.29, 1.82) is 0 Å². The Hall–Kier alpha value is -3.27. The van der Waals surface area contributed by atoms with Gasteiger partial charge in [-0.15, -0.1) is 11.3 Å². The molecule has 9 nitrogen and oxygen atoms in total. The molecule has 1 spiro atoms. The highest BCUT2D eigenvalue weighted by molar-refractivity contribution is 7.09. The number of carbonyl (C=O) groups excluding carboxylic acids is 4. The number of anilines is 1. The lowest BCUT2D eigenvalue weighted by Crippen LogP contribution is -2.54. The van der Waals surface area contributed by atoms with Crippen molar-refractivity contribution in [3.8, 4) is 0 Å². The molecule has 10 heteroatoms. The molecule has 1 aliphatic heterocycles. The van der Waals surface area contributed by atoms with Crippen LogP contribution in [0.15, 0.2) is 29.6 Å². The van der Waals surface area contributed by atoms with Gasteiger partial charge in [0.25, 0.3) is 5.91 Å². The number of rotatable bonds is 7. The summed E-state index contributed by atoms with van der Waals surface area (Å²) in [6.07, 6.45) is 3.44. The molecule has 1 aromatic carbocycles. The molecule has 0 radical (unpaired) electrons. The van der Waals surface area contributed by atoms with Gasteiger partial charge in [-0.2, -0.15) is 0 Å². The Labute approximate surface area is 201 Å². The third kappa shape index (κ3) is 4.96. The molecule has 2 aliphatic rings. The van der Waals surface area contributed by atoms with Crippen LogP contribution in [0.2, 0.25) is 0 Å². The molecule has 2 N–H and O–H groups in total. The van der Waals surface area contributed by atoms with E-state index in [1.165, 1.54) is 11.3 Å². The number of aryl methyl sites for hydroxylation is 1. The van der Waals surface area contributed by atoms with Crippen molar-refractivity contribution in [2.75, 3.05) is 11.9 Å². The van der Waals surface area contributed by atoms with E-state index in [2.05, 4.69) is 15.6 Å². The maximum atomic E-state index is 13.0. The second-order valence-corrected chi connectivity index (χ2v) is 9.82. The molecule has 1 aromatic heterocycles. The molecule has 1 aliphatic carbocycles. The number of benzene rings is 1. The van der Waals surface area contributed by atoms with E-state index in [1.807, 2.05) is 38.1 Å². The van der Waals surface area contributed by atoms with Gasteiger partial charge in [0.2, 0.25) is 5.91 Å². The van der Waals surface area contributed by atoms with Gasteiger partial charge in [-0.25, -0.2) is 9.78 Å². The Balaban J connectivity index is 1.27. The average Bonchev–Trinajstić information content (AvgIpc) is 3.34. The molecule has 4 rings (SSSR count). The number of para-hydroxylation sites is 1. The van der Waals surface area contributed by atoms with Crippen LogP contribution in [0.5, 0.6) is 0 Å². The highest BCUT2D eigenvalue weighted by Gasteiger charge is 2.55. The number of carbonyl (C=O) groups is 4. The lowest BCUT2D eigenvalue weighted by atomic mass is 9.73. The smallest absolute Gasteiger partial charge is 0.326 e. The molecule has 34 heavy (non-hydrogen) atoms. The van der Waals surface area contributed by atoms with Crippen LogP contribution in [-0.2, 0) is 32.1 Å². The summed E-state index contributed by atoms with van der Waals surface area (Å²) in [5.74, 6) is -1.19. The number of urea groups is 1. The number of amides is 4. The summed E-state index contributed by atoms with van der Waals surface area (Å²) >= 11 is 1.30. The van der Waals surface area contributed by atoms with Crippen LogP contribution in [-0.4, -0.2) is 45.8 Å². The number of thiazole rings is 1. The summed E-state index contributed by atoms with van der Waals surface area (Å²) in [7, 11) is 0. The SMILES string of the molecule is Cc1ccccc1NC(=O)Cc1nc(COC(=O)CN2C(=O)NC3(CCCCC3C)C2=O)cs1. The maximum absolute atomic E-state index is 13.0. The number of aromatic nitrogens is 1. The molecule has 2 unspecified atom stereocenters. The summed E-state index contributed by atoms with van der Waals surface area (Å²) in [5.41, 5.74) is 1.32. The van der Waals surface area contributed by atoms with Gasteiger partial charge in [0.05, 0.1) is 12.1 Å². The Morgan fingerprint density at radius 1 is 1.29 bits per heavy atom. The second kappa shape index (κ2) is 9.92. The molecule has 2 atom stereocenters. The molecule has 4 amide bonds. The minimum absolute atomic E-state index is 0.0233. The molecule has 2 fully saturated rings. The monoisotopic (exact) mass is 484 g/mol. The van der Waals surface area contributed by atoms with Gasteiger partial charge in [0, 0.05) is 11.1 Å². The summed E-state index contributed by atoms with van der Waals surface area (Å²) in [5, 5.41) is 8.00. The minimum Gasteiger partial charge on any atom is -0.458 e. The van der Waals surface area contributed by atoms with Gasteiger partial charge in [-0.3, -0.25) is 19.3 Å². The van der Waals surface area contributed by atoms with E-state index in [9.17, 15) is 19.2 Å². The van der Waals surface area contributed by atoms with Crippen LogP contribution in [0.4, 0.5) is 10.5 Å². The Morgan fingerprint density at radius 2 is 2.09 bits per heavy atom. The predicted molar refractivity (Wildman–Crippen MR) is 126 cm³/mol. The summed E-state index contributed by atoms with van der Waals surface area (Å²) in [4.78, 5) is 55.3. The number of esters is 1. The van der Waals surface area contributed by atoms with E-state index in [0.717, 1.165) is 35.4 Å². The van der Waals surface area contributed by atoms with Crippen molar-refractivity contribution in [3.05, 3.63) is 45.9 Å². The average molecular weight is 485 g/mol. The van der Waals surface area contributed by atoms with Gasteiger partial charge in [-0.05, 0) is 37.3 Å². The van der Waals surface area contributed by atoms with E-state index in [0.29, 0.717) is 17.1 Å². The zero-order valence-electron chi connectivity index (χ0n) is 19.3. The van der Waals surface area contributed by atoms with Crippen LogP contribution in [0.3, 0.4) is 0 Å². The summed E-state index contributed by atoms with van der Waals surface area (Å²) in [6.45, 7) is 3.34. The van der Waals surface area contributed by atoms with E-state index < -0.39 is 24.1 Å². The fraction of sp³-hybridized carbons (Fsp3) is 0.458. The molecule has 1 saturated carbocycles. The third-order valence-corrected chi connectivity index (χ3v) is 7.40. The molecule has 180 valence electrons. The number of nitrogens with zero attached hydrogens (tertiary/aromatic N) is 2. The third-order valence-electron chi connectivity index (χ3n) is 6.50. The first kappa shape index (κ1) is 23.9. The van der Waals surface area contributed by atoms with E-state index >= 15 is 0 Å². The van der Waals surface area contributed by atoms with Crippen molar-refractivity contribution in [1.82, 2.24) is 15.2 Å². The molecule has 2 aromatic rings. The number of ether oxygens (including phenoxy) is 1. The van der Waals surface area contributed by atoms with Crippen LogP contribution in [0, 0.1) is 12.8 Å². The molecule has 1 saturated heterocycles. The first-order valence-corrected chi connectivity index (χ1v) is 12.2. The van der Waals surface area contributed by atoms with E-state index in [4.69, 9.17) is 4.74 Å². The second-order valence-electron chi connectivity index (χ2n) is 8.87. The van der Waals surface area contributed by atoms with Gasteiger partial charge in [0.1, 0.15) is 23.7 Å². The van der Waals surface area contributed by atoms with E-state index in [-0.39, 0.29) is 30.8 Å². The van der Waals surface area contributed by atoms with Crippen LogP contribution in [0.25, 0.3) is 0 Å². The van der Waals surface area contributed by atoms with Crippen molar-refractivity contribution in [2.24, 2.45) is 5.92 Å². The number of nitrogens with one attached hydrogen (secondary N) is 2. The van der Waals surface area contributed by atoms with Crippen molar-refractivity contribution in [3.63, 3.8) is 0 Å². The van der Waals surface area contributed by atoms with Crippen molar-refractivity contribution >= 4 is 40.8 Å². The lowest BCUT2D eigenvalue weighted by molar-refractivity contribution is -0.149. The first-order valence-electron chi connectivity index (χ1n) is 11.4.